The summed E-state index contributed by atoms with van der Waals surface area (Å²) in [6.07, 6.45) is 0. The summed E-state index contributed by atoms with van der Waals surface area (Å²) in [5, 5.41) is 22.3. The van der Waals surface area contributed by atoms with Crippen LogP contribution in [0.5, 0.6) is 0 Å². The highest BCUT2D eigenvalue weighted by Crippen LogP contribution is 2.47. The number of aliphatic hydroxyl groups is 2. The molecule has 0 aromatic rings. The first-order valence-electron chi connectivity index (χ1n) is 7.92. The summed E-state index contributed by atoms with van der Waals surface area (Å²) < 4.78 is 10.6. The van der Waals surface area contributed by atoms with E-state index < -0.39 is 34.3 Å². The molecule has 2 heterocycles. The molecule has 0 spiro atoms. The molecule has 2 atom stereocenters. The maximum Gasteiger partial charge on any atom is 0.338 e. The van der Waals surface area contributed by atoms with Crippen LogP contribution in [0.15, 0.2) is 22.3 Å². The van der Waals surface area contributed by atoms with Crippen LogP contribution in [0.25, 0.3) is 0 Å². The van der Waals surface area contributed by atoms with E-state index in [9.17, 15) is 19.8 Å². The molecular weight excluding hydrogens is 312 g/mol. The summed E-state index contributed by atoms with van der Waals surface area (Å²) >= 11 is 0. The van der Waals surface area contributed by atoms with Crippen molar-refractivity contribution in [2.75, 3.05) is 0 Å². The van der Waals surface area contributed by atoms with E-state index in [2.05, 4.69) is 0 Å². The lowest BCUT2D eigenvalue weighted by Gasteiger charge is -2.39. The monoisotopic (exact) mass is 338 g/mol. The van der Waals surface area contributed by atoms with Crippen molar-refractivity contribution in [3.63, 3.8) is 0 Å². The number of hydrogen-bond donors (Lipinski definition) is 2. The zero-order chi connectivity index (χ0) is 18.9. The molecular formula is C18H26O6. The van der Waals surface area contributed by atoms with Gasteiger partial charge in [0.1, 0.15) is 22.4 Å². The van der Waals surface area contributed by atoms with Crippen molar-refractivity contribution in [2.45, 2.75) is 77.8 Å². The molecule has 0 aromatic heterocycles. The molecule has 2 N–H and O–H groups in total. The van der Waals surface area contributed by atoms with Crippen LogP contribution in [0.4, 0.5) is 0 Å². The van der Waals surface area contributed by atoms with E-state index in [1.165, 1.54) is 13.8 Å². The molecule has 0 radical (unpaired) electrons. The second kappa shape index (κ2) is 4.92. The summed E-state index contributed by atoms with van der Waals surface area (Å²) in [4.78, 5) is 24.6. The van der Waals surface area contributed by atoms with E-state index >= 15 is 0 Å². The van der Waals surface area contributed by atoms with E-state index in [0.29, 0.717) is 11.1 Å². The molecule has 0 unspecified atom stereocenters. The second-order valence-corrected chi connectivity index (χ2v) is 7.94. The molecule has 0 bridgehead atoms. The maximum atomic E-state index is 12.3. The fourth-order valence-corrected chi connectivity index (χ4v) is 3.24. The minimum Gasteiger partial charge on any atom is -0.452 e. The minimum atomic E-state index is -2.03. The van der Waals surface area contributed by atoms with Gasteiger partial charge in [-0.05, 0) is 66.5 Å². The molecule has 0 saturated heterocycles. The van der Waals surface area contributed by atoms with Crippen LogP contribution >= 0.6 is 0 Å². The first-order chi connectivity index (χ1) is 10.6. The third-order valence-electron chi connectivity index (χ3n) is 5.58. The van der Waals surface area contributed by atoms with Crippen molar-refractivity contribution in [1.29, 1.82) is 0 Å². The van der Waals surface area contributed by atoms with Gasteiger partial charge in [-0.1, -0.05) is 0 Å². The Labute approximate surface area is 142 Å². The van der Waals surface area contributed by atoms with Crippen LogP contribution in [0, 0.1) is 0 Å². The largest absolute Gasteiger partial charge is 0.452 e. The number of hydrogen-bond acceptors (Lipinski definition) is 6. The highest BCUT2D eigenvalue weighted by atomic mass is 16.6. The van der Waals surface area contributed by atoms with Gasteiger partial charge in [-0.15, -0.1) is 0 Å². The van der Waals surface area contributed by atoms with Crippen LogP contribution < -0.4 is 0 Å². The van der Waals surface area contributed by atoms with Gasteiger partial charge in [-0.2, -0.15) is 0 Å². The molecule has 134 valence electrons. The zero-order valence-corrected chi connectivity index (χ0v) is 15.5. The van der Waals surface area contributed by atoms with Gasteiger partial charge >= 0.3 is 11.9 Å². The maximum absolute atomic E-state index is 12.3. The van der Waals surface area contributed by atoms with Crippen molar-refractivity contribution in [3.8, 4) is 0 Å². The average Bonchev–Trinajstić information content (AvgIpc) is 2.68. The number of ether oxygens (including phenoxy) is 2. The Morgan fingerprint density at radius 2 is 1.00 bits per heavy atom. The Bertz CT molecular complexity index is 628. The van der Waals surface area contributed by atoms with E-state index in [1.54, 1.807) is 41.5 Å². The van der Waals surface area contributed by atoms with Gasteiger partial charge in [0.15, 0.2) is 0 Å². The second-order valence-electron chi connectivity index (χ2n) is 7.94. The lowest BCUT2D eigenvalue weighted by Crippen LogP contribution is -2.55. The Hall–Kier alpha value is -1.66. The molecule has 0 saturated carbocycles. The Kier molecular flexibility index (Phi) is 3.83. The van der Waals surface area contributed by atoms with E-state index in [1.807, 2.05) is 0 Å². The third kappa shape index (κ3) is 2.31. The molecule has 24 heavy (non-hydrogen) atoms. The molecule has 6 heteroatoms. The van der Waals surface area contributed by atoms with E-state index in [-0.39, 0.29) is 11.1 Å². The molecule has 2 aliphatic rings. The Balaban J connectivity index is 2.65. The number of rotatable bonds is 3. The van der Waals surface area contributed by atoms with E-state index in [4.69, 9.17) is 9.47 Å². The molecule has 6 nitrogen and oxygen atoms in total. The average molecular weight is 338 g/mol. The van der Waals surface area contributed by atoms with Gasteiger partial charge in [0, 0.05) is 0 Å². The van der Waals surface area contributed by atoms with Crippen molar-refractivity contribution in [2.24, 2.45) is 0 Å². The van der Waals surface area contributed by atoms with Crippen molar-refractivity contribution >= 4 is 11.9 Å². The number of carbonyl (C=O) groups is 2. The molecule has 2 aliphatic heterocycles. The lowest BCUT2D eigenvalue weighted by molar-refractivity contribution is -0.155. The first kappa shape index (κ1) is 18.7. The molecule has 2 rings (SSSR count). The fraction of sp³-hybridized carbons (Fsp3) is 0.667. The summed E-state index contributed by atoms with van der Waals surface area (Å²) in [7, 11) is 0. The van der Waals surface area contributed by atoms with Crippen molar-refractivity contribution in [1.82, 2.24) is 0 Å². The fourth-order valence-electron chi connectivity index (χ4n) is 3.24. The van der Waals surface area contributed by atoms with Gasteiger partial charge in [-0.3, -0.25) is 0 Å². The SMILES string of the molecule is CC1=C([C@](C)(O)[C@](C)(O)C2=C(C)C(C)(C)OC2=O)C(=O)OC1(C)C. The van der Waals surface area contributed by atoms with Crippen LogP contribution in [0.1, 0.15) is 55.4 Å². The minimum absolute atomic E-state index is 0.0321. The van der Waals surface area contributed by atoms with Crippen molar-refractivity contribution < 1.29 is 29.3 Å². The van der Waals surface area contributed by atoms with Gasteiger partial charge in [-0.25, -0.2) is 9.59 Å². The summed E-state index contributed by atoms with van der Waals surface area (Å²) in [5.41, 5.74) is -4.86. The number of esters is 2. The summed E-state index contributed by atoms with van der Waals surface area (Å²) in [5.74, 6) is -1.40. The van der Waals surface area contributed by atoms with Crippen molar-refractivity contribution in [3.05, 3.63) is 22.3 Å². The topological polar surface area (TPSA) is 93.1 Å². The van der Waals surface area contributed by atoms with E-state index in [0.717, 1.165) is 0 Å². The lowest BCUT2D eigenvalue weighted by atomic mass is 9.71. The van der Waals surface area contributed by atoms with Crippen LogP contribution in [0.2, 0.25) is 0 Å². The molecule has 0 fully saturated rings. The summed E-state index contributed by atoms with van der Waals surface area (Å²) in [6.45, 7) is 12.8. The highest BCUT2D eigenvalue weighted by Gasteiger charge is 2.59. The molecule has 0 aromatic carbocycles. The molecule has 0 aliphatic carbocycles. The first-order valence-corrected chi connectivity index (χ1v) is 7.92. The predicted molar refractivity (Wildman–Crippen MR) is 87.0 cm³/mol. The Morgan fingerprint density at radius 3 is 1.17 bits per heavy atom. The predicted octanol–water partition coefficient (Wildman–Crippen LogP) is 1.79. The van der Waals surface area contributed by atoms with Gasteiger partial charge in [0.25, 0.3) is 0 Å². The third-order valence-corrected chi connectivity index (χ3v) is 5.58. The standard InChI is InChI=1S/C18H26O6/c1-9-11(13(19)23-15(9,3)4)17(7,21)18(8,22)12-10(2)16(5,6)24-14(12)20/h21-22H,1-8H3/t17-,18+. The normalized spacial score (nSPS) is 27.8. The Morgan fingerprint density at radius 1 is 0.750 bits per heavy atom. The van der Waals surface area contributed by atoms with Gasteiger partial charge in [0.2, 0.25) is 0 Å². The zero-order valence-electron chi connectivity index (χ0n) is 15.5. The number of carbonyl (C=O) groups excluding carboxylic acids is 2. The summed E-state index contributed by atoms with van der Waals surface area (Å²) in [6, 6.07) is 0. The highest BCUT2D eigenvalue weighted by molar-refractivity contribution is 5.99. The quantitative estimate of drug-likeness (QED) is 0.762. The van der Waals surface area contributed by atoms with Crippen LogP contribution in [0.3, 0.4) is 0 Å². The van der Waals surface area contributed by atoms with Crippen LogP contribution in [-0.4, -0.2) is 44.6 Å². The van der Waals surface area contributed by atoms with Crippen LogP contribution in [-0.2, 0) is 19.1 Å². The molecule has 0 amide bonds. The smallest absolute Gasteiger partial charge is 0.338 e. The van der Waals surface area contributed by atoms with Gasteiger partial charge < -0.3 is 19.7 Å². The number of cyclic esters (lactones) is 2. The van der Waals surface area contributed by atoms with Gasteiger partial charge in [0.05, 0.1) is 11.1 Å².